The minimum Gasteiger partial charge on any atom is -0.350 e. The lowest BCUT2D eigenvalue weighted by atomic mass is 9.96. The molecule has 0 aliphatic carbocycles. The van der Waals surface area contributed by atoms with Crippen LogP contribution in [-0.4, -0.2) is 32.6 Å². The summed E-state index contributed by atoms with van der Waals surface area (Å²) in [5, 5.41) is 2.06. The second kappa shape index (κ2) is 9.98. The average Bonchev–Trinajstić information content (AvgIpc) is 3.23. The lowest BCUT2D eigenvalue weighted by Gasteiger charge is -2.30. The molecule has 1 aliphatic heterocycles. The number of thioether (sulfide) groups is 1. The molecular weight excluding hydrogens is 470 g/mol. The van der Waals surface area contributed by atoms with Crippen LogP contribution in [0.1, 0.15) is 22.3 Å². The van der Waals surface area contributed by atoms with Crippen LogP contribution in [0.2, 0.25) is 0 Å². The molecule has 3 heterocycles. The number of rotatable bonds is 8. The predicted molar refractivity (Wildman–Crippen MR) is 150 cm³/mol. The number of aryl methyl sites for hydroxylation is 1. The fraction of sp³-hybridized carbons (Fsp3) is 0.107. The molecule has 2 aromatic heterocycles. The van der Waals surface area contributed by atoms with Crippen molar-refractivity contribution in [3.8, 4) is 0 Å². The average molecular weight is 496 g/mol. The molecule has 174 valence electrons. The molecule has 35 heavy (non-hydrogen) atoms. The minimum absolute atomic E-state index is 0.752. The lowest BCUT2D eigenvalue weighted by Crippen LogP contribution is -2.20. The second-order valence-electron chi connectivity index (χ2n) is 8.27. The van der Waals surface area contributed by atoms with Crippen molar-refractivity contribution in [1.29, 1.82) is 0 Å². The van der Waals surface area contributed by atoms with Crippen molar-refractivity contribution in [2.24, 2.45) is 4.99 Å². The summed E-state index contributed by atoms with van der Waals surface area (Å²) < 4.78 is 2.10. The number of fused-ring (bicyclic) bond motifs is 1. The van der Waals surface area contributed by atoms with E-state index in [-0.39, 0.29) is 0 Å². The molecule has 0 bridgehead atoms. The number of allylic oxidation sites excluding steroid dienone is 1. The Morgan fingerprint density at radius 2 is 1.91 bits per heavy atom. The Hall–Kier alpha value is -3.55. The summed E-state index contributed by atoms with van der Waals surface area (Å²) >= 11 is 3.32. The van der Waals surface area contributed by atoms with E-state index in [1.54, 1.807) is 36.1 Å². The quantitative estimate of drug-likeness (QED) is 0.246. The van der Waals surface area contributed by atoms with Crippen molar-refractivity contribution in [3.05, 3.63) is 113 Å². The number of hydrogen-bond acceptors (Lipinski definition) is 6. The first-order valence-corrected chi connectivity index (χ1v) is 12.9. The van der Waals surface area contributed by atoms with Gasteiger partial charge in [-0.3, -0.25) is 13.9 Å². The van der Waals surface area contributed by atoms with E-state index in [0.717, 1.165) is 55.5 Å². The summed E-state index contributed by atoms with van der Waals surface area (Å²) in [4.78, 5) is 16.7. The van der Waals surface area contributed by atoms with Crippen molar-refractivity contribution in [3.63, 3.8) is 0 Å². The maximum absolute atomic E-state index is 4.61. The maximum Gasteiger partial charge on any atom is 0.169 e. The van der Waals surface area contributed by atoms with Gasteiger partial charge in [0, 0.05) is 64.9 Å². The van der Waals surface area contributed by atoms with Gasteiger partial charge < -0.3 is 4.90 Å². The highest BCUT2D eigenvalue weighted by molar-refractivity contribution is 8.01. The standard InChI is InChI=1S/C28H25N5S2/c1-19-8-10-24(11-9-19)35-33-15-23(27-28(33)31-13-12-30-27)17-34-18-26(29-3)22-7-5-6-21(14-22)25-16-32(4)20(25)2/h5-16,18H,2-3,17H2,1,4H3/b26-18-. The lowest BCUT2D eigenvalue weighted by molar-refractivity contribution is 0.559. The van der Waals surface area contributed by atoms with Gasteiger partial charge in [0.05, 0.1) is 5.70 Å². The fourth-order valence-corrected chi connectivity index (χ4v) is 5.56. The highest BCUT2D eigenvalue weighted by atomic mass is 32.2. The van der Waals surface area contributed by atoms with Crippen molar-refractivity contribution in [2.75, 3.05) is 7.05 Å². The number of benzene rings is 2. The van der Waals surface area contributed by atoms with E-state index >= 15 is 0 Å². The predicted octanol–water partition coefficient (Wildman–Crippen LogP) is 7.03. The van der Waals surface area contributed by atoms with Crippen LogP contribution in [0.3, 0.4) is 0 Å². The molecule has 0 amide bonds. The first kappa shape index (κ1) is 23.2. The molecule has 0 atom stereocenters. The summed E-state index contributed by atoms with van der Waals surface area (Å²) in [6.07, 6.45) is 7.70. The van der Waals surface area contributed by atoms with Crippen LogP contribution in [0, 0.1) is 6.92 Å². The smallest absolute Gasteiger partial charge is 0.169 e. The van der Waals surface area contributed by atoms with Gasteiger partial charge in [-0.25, -0.2) is 4.98 Å². The van der Waals surface area contributed by atoms with Crippen molar-refractivity contribution < 1.29 is 0 Å². The molecule has 0 N–H and O–H groups in total. The molecular formula is C28H25N5S2. The van der Waals surface area contributed by atoms with E-state index in [1.807, 2.05) is 18.0 Å². The van der Waals surface area contributed by atoms with E-state index in [1.165, 1.54) is 5.56 Å². The Morgan fingerprint density at radius 1 is 1.11 bits per heavy atom. The number of hydrogen-bond donors (Lipinski definition) is 0. The second-order valence-corrected chi connectivity index (χ2v) is 10.2. The van der Waals surface area contributed by atoms with Gasteiger partial charge in [0.2, 0.25) is 0 Å². The van der Waals surface area contributed by atoms with Crippen LogP contribution in [0.25, 0.3) is 22.4 Å². The number of likely N-dealkylation sites (N-methyl/N-ethyl adjacent to an activating group) is 1. The van der Waals surface area contributed by atoms with Gasteiger partial charge in [-0.05, 0) is 54.8 Å². The Labute approximate surface area is 214 Å². The minimum atomic E-state index is 0.752. The Morgan fingerprint density at radius 3 is 2.66 bits per heavy atom. The molecule has 1 aliphatic rings. The first-order valence-electron chi connectivity index (χ1n) is 11.1. The normalized spacial score (nSPS) is 13.7. The topological polar surface area (TPSA) is 46.3 Å². The molecule has 2 aromatic carbocycles. The molecule has 7 heteroatoms. The van der Waals surface area contributed by atoms with Gasteiger partial charge in [-0.1, -0.05) is 42.5 Å². The number of nitrogens with zero attached hydrogens (tertiary/aromatic N) is 5. The molecule has 5 rings (SSSR count). The largest absolute Gasteiger partial charge is 0.350 e. The van der Waals surface area contributed by atoms with Crippen LogP contribution in [0.4, 0.5) is 0 Å². The van der Waals surface area contributed by atoms with Crippen LogP contribution in [-0.2, 0) is 5.75 Å². The van der Waals surface area contributed by atoms with Crippen molar-refractivity contribution in [1.82, 2.24) is 18.8 Å². The third kappa shape index (κ3) is 4.83. The van der Waals surface area contributed by atoms with E-state index in [2.05, 4.69) is 99.4 Å². The zero-order valence-corrected chi connectivity index (χ0v) is 21.3. The first-order chi connectivity index (χ1) is 17.0. The molecule has 0 radical (unpaired) electrons. The summed E-state index contributed by atoms with van der Waals surface area (Å²) in [5.41, 5.74) is 9.35. The van der Waals surface area contributed by atoms with Gasteiger partial charge >= 0.3 is 0 Å². The van der Waals surface area contributed by atoms with E-state index in [4.69, 9.17) is 0 Å². The molecule has 4 aromatic rings. The zero-order valence-electron chi connectivity index (χ0n) is 19.7. The number of aliphatic imine (C=N–C) groups is 1. The summed E-state index contributed by atoms with van der Waals surface area (Å²) in [6.45, 7) is 10.0. The van der Waals surface area contributed by atoms with Crippen LogP contribution in [0.15, 0.2) is 101 Å². The highest BCUT2D eigenvalue weighted by Gasteiger charge is 2.19. The van der Waals surface area contributed by atoms with Gasteiger partial charge in [0.25, 0.3) is 0 Å². The van der Waals surface area contributed by atoms with Gasteiger partial charge in [0.15, 0.2) is 5.65 Å². The van der Waals surface area contributed by atoms with Crippen molar-refractivity contribution in [2.45, 2.75) is 17.6 Å². The van der Waals surface area contributed by atoms with Gasteiger partial charge in [0.1, 0.15) is 5.52 Å². The van der Waals surface area contributed by atoms with E-state index in [9.17, 15) is 0 Å². The van der Waals surface area contributed by atoms with Crippen LogP contribution < -0.4 is 0 Å². The molecule has 0 saturated heterocycles. The Bertz CT molecular complexity index is 1480. The summed E-state index contributed by atoms with van der Waals surface area (Å²) in [6, 6.07) is 16.8. The Kier molecular flexibility index (Phi) is 6.61. The van der Waals surface area contributed by atoms with Crippen LogP contribution >= 0.6 is 23.7 Å². The van der Waals surface area contributed by atoms with Crippen molar-refractivity contribution >= 4 is 52.9 Å². The van der Waals surface area contributed by atoms with E-state index in [0.29, 0.717) is 0 Å². The third-order valence-electron chi connectivity index (χ3n) is 5.82. The summed E-state index contributed by atoms with van der Waals surface area (Å²) in [5.74, 6) is 0.752. The fourth-order valence-electron chi connectivity index (χ4n) is 3.83. The Balaban J connectivity index is 1.36. The summed E-state index contributed by atoms with van der Waals surface area (Å²) in [7, 11) is 2.00. The molecule has 0 unspecified atom stereocenters. The third-order valence-corrected chi connectivity index (χ3v) is 7.65. The molecule has 0 saturated carbocycles. The highest BCUT2D eigenvalue weighted by Crippen LogP contribution is 2.35. The molecule has 0 fully saturated rings. The monoisotopic (exact) mass is 495 g/mol. The molecule has 5 nitrogen and oxygen atoms in total. The number of aromatic nitrogens is 3. The van der Waals surface area contributed by atoms with E-state index < -0.39 is 0 Å². The maximum atomic E-state index is 4.61. The SMILES string of the molecule is C=N/C(=C\SCc1cn(Sc2ccc(C)cc2)c2nccnc12)c1cccc(C2=CN(C)C2=C)c1. The van der Waals surface area contributed by atoms with Gasteiger partial charge in [-0.2, -0.15) is 0 Å². The van der Waals surface area contributed by atoms with Crippen LogP contribution in [0.5, 0.6) is 0 Å². The molecule has 0 spiro atoms. The zero-order chi connectivity index (χ0) is 24.4. The van der Waals surface area contributed by atoms with Gasteiger partial charge in [-0.15, -0.1) is 11.8 Å².